The zero-order chi connectivity index (χ0) is 22.9. The molecule has 1 saturated heterocycles. The quantitative estimate of drug-likeness (QED) is 0.625. The summed E-state index contributed by atoms with van der Waals surface area (Å²) in [7, 11) is 0. The summed E-state index contributed by atoms with van der Waals surface area (Å²) < 4.78 is 18.4. The molecule has 0 aliphatic carbocycles. The van der Waals surface area contributed by atoms with Crippen molar-refractivity contribution in [1.29, 1.82) is 0 Å². The molecule has 0 aromatic heterocycles. The van der Waals surface area contributed by atoms with E-state index in [1.807, 2.05) is 38.1 Å². The molecule has 0 saturated carbocycles. The van der Waals surface area contributed by atoms with Crippen molar-refractivity contribution in [3.05, 3.63) is 59.9 Å². The Bertz CT molecular complexity index is 883. The van der Waals surface area contributed by atoms with Crippen LogP contribution >= 0.6 is 0 Å². The van der Waals surface area contributed by atoms with Crippen LogP contribution < -0.4 is 15.5 Å². The topological polar surface area (TPSA) is 73.9 Å². The minimum Gasteiger partial charge on any atom is -0.378 e. The number of hydrogen-bond acceptors (Lipinski definition) is 5. The van der Waals surface area contributed by atoms with E-state index in [-0.39, 0.29) is 36.8 Å². The van der Waals surface area contributed by atoms with Gasteiger partial charge in [0.25, 0.3) is 0 Å². The minimum absolute atomic E-state index is 0.103. The van der Waals surface area contributed by atoms with Gasteiger partial charge in [0, 0.05) is 24.5 Å². The van der Waals surface area contributed by atoms with E-state index in [0.717, 1.165) is 43.2 Å². The number of benzene rings is 2. The Hall–Kier alpha value is -2.97. The molecule has 1 fully saturated rings. The molecule has 172 valence electrons. The predicted octanol–water partition coefficient (Wildman–Crippen LogP) is 2.80. The number of rotatable bonds is 9. The van der Waals surface area contributed by atoms with Gasteiger partial charge in [0.2, 0.25) is 11.8 Å². The summed E-state index contributed by atoms with van der Waals surface area (Å²) in [4.78, 5) is 28.9. The average molecular weight is 443 g/mol. The lowest BCUT2D eigenvalue weighted by molar-refractivity contribution is -0.123. The van der Waals surface area contributed by atoms with Crippen molar-refractivity contribution in [3.8, 4) is 0 Å². The van der Waals surface area contributed by atoms with E-state index >= 15 is 0 Å². The number of nitrogens with zero attached hydrogens (tertiary/aromatic N) is 2. The molecule has 1 aliphatic rings. The summed E-state index contributed by atoms with van der Waals surface area (Å²) >= 11 is 0. The van der Waals surface area contributed by atoms with Crippen LogP contribution in [0.1, 0.15) is 25.5 Å². The summed E-state index contributed by atoms with van der Waals surface area (Å²) in [6.07, 6.45) is 0. The zero-order valence-corrected chi connectivity index (χ0v) is 18.6. The molecule has 2 aromatic carbocycles. The standard InChI is InChI=1S/C24H31FN4O3/c1-3-28(16-23(30)26-18(2)19-4-6-20(25)7-5-19)17-24(31)27-21-8-10-22(11-9-21)29-12-14-32-15-13-29/h4-11,18H,3,12-17H2,1-2H3,(H,26,30)(H,27,31). The number of morpholine rings is 1. The summed E-state index contributed by atoms with van der Waals surface area (Å²) in [5.41, 5.74) is 2.65. The number of anilines is 2. The lowest BCUT2D eigenvalue weighted by Crippen LogP contribution is -2.41. The third kappa shape index (κ3) is 7.03. The lowest BCUT2D eigenvalue weighted by atomic mass is 10.1. The summed E-state index contributed by atoms with van der Waals surface area (Å²) in [5.74, 6) is -0.678. The number of carbonyl (C=O) groups excluding carboxylic acids is 2. The summed E-state index contributed by atoms with van der Waals surface area (Å²) in [6.45, 7) is 7.68. The van der Waals surface area contributed by atoms with Crippen LogP contribution in [0.25, 0.3) is 0 Å². The van der Waals surface area contributed by atoms with E-state index < -0.39 is 0 Å². The number of hydrogen-bond donors (Lipinski definition) is 2. The van der Waals surface area contributed by atoms with Crippen LogP contribution in [0.5, 0.6) is 0 Å². The van der Waals surface area contributed by atoms with E-state index in [1.165, 1.54) is 12.1 Å². The SMILES string of the molecule is CCN(CC(=O)Nc1ccc(N2CCOCC2)cc1)CC(=O)NC(C)c1ccc(F)cc1. The van der Waals surface area contributed by atoms with Gasteiger partial charge < -0.3 is 20.3 Å². The Morgan fingerprint density at radius 2 is 1.66 bits per heavy atom. The Morgan fingerprint density at radius 3 is 2.28 bits per heavy atom. The van der Waals surface area contributed by atoms with Crippen LogP contribution in [-0.2, 0) is 14.3 Å². The molecule has 0 bridgehead atoms. The van der Waals surface area contributed by atoms with Crippen molar-refractivity contribution in [2.24, 2.45) is 0 Å². The molecule has 1 aliphatic heterocycles. The van der Waals surface area contributed by atoms with Crippen molar-refractivity contribution in [1.82, 2.24) is 10.2 Å². The Balaban J connectivity index is 1.46. The first kappa shape index (κ1) is 23.7. The third-order valence-corrected chi connectivity index (χ3v) is 5.46. The molecule has 3 rings (SSSR count). The molecule has 2 amide bonds. The number of nitrogens with one attached hydrogen (secondary N) is 2. The highest BCUT2D eigenvalue weighted by atomic mass is 19.1. The molecule has 32 heavy (non-hydrogen) atoms. The molecular formula is C24H31FN4O3. The van der Waals surface area contributed by atoms with E-state index in [9.17, 15) is 14.0 Å². The van der Waals surface area contributed by atoms with Gasteiger partial charge in [0.1, 0.15) is 5.82 Å². The first-order valence-electron chi connectivity index (χ1n) is 10.9. The highest BCUT2D eigenvalue weighted by Crippen LogP contribution is 2.19. The number of amides is 2. The van der Waals surface area contributed by atoms with E-state index in [1.54, 1.807) is 17.0 Å². The van der Waals surface area contributed by atoms with Crippen molar-refractivity contribution < 1.29 is 18.7 Å². The number of halogens is 1. The van der Waals surface area contributed by atoms with E-state index in [0.29, 0.717) is 6.54 Å². The number of carbonyl (C=O) groups is 2. The smallest absolute Gasteiger partial charge is 0.238 e. The summed E-state index contributed by atoms with van der Waals surface area (Å²) in [5, 5.41) is 5.78. The van der Waals surface area contributed by atoms with Crippen molar-refractivity contribution in [2.75, 3.05) is 56.2 Å². The number of likely N-dealkylation sites (N-methyl/N-ethyl adjacent to an activating group) is 1. The fourth-order valence-electron chi connectivity index (χ4n) is 3.59. The molecule has 1 unspecified atom stereocenters. The normalized spacial score (nSPS) is 14.8. The second-order valence-electron chi connectivity index (χ2n) is 7.84. The van der Waals surface area contributed by atoms with E-state index in [2.05, 4.69) is 15.5 Å². The van der Waals surface area contributed by atoms with Gasteiger partial charge >= 0.3 is 0 Å². The molecule has 8 heteroatoms. The molecule has 0 radical (unpaired) electrons. The fourth-order valence-corrected chi connectivity index (χ4v) is 3.59. The molecule has 7 nitrogen and oxygen atoms in total. The van der Waals surface area contributed by atoms with Gasteiger partial charge in [-0.15, -0.1) is 0 Å². The van der Waals surface area contributed by atoms with Gasteiger partial charge in [-0.25, -0.2) is 4.39 Å². The maximum Gasteiger partial charge on any atom is 0.238 e. The molecule has 2 aromatic rings. The van der Waals surface area contributed by atoms with Crippen molar-refractivity contribution >= 4 is 23.2 Å². The van der Waals surface area contributed by atoms with Crippen LogP contribution in [0, 0.1) is 5.82 Å². The largest absolute Gasteiger partial charge is 0.378 e. The first-order chi connectivity index (χ1) is 15.4. The van der Waals surface area contributed by atoms with Crippen LogP contribution in [-0.4, -0.2) is 62.7 Å². The average Bonchev–Trinajstić information content (AvgIpc) is 2.80. The predicted molar refractivity (Wildman–Crippen MR) is 123 cm³/mol. The van der Waals surface area contributed by atoms with Gasteiger partial charge in [-0.05, 0) is 55.4 Å². The molecular weight excluding hydrogens is 411 g/mol. The highest BCUT2D eigenvalue weighted by Gasteiger charge is 2.16. The molecule has 2 N–H and O–H groups in total. The molecule has 1 heterocycles. The maximum atomic E-state index is 13.1. The van der Waals surface area contributed by atoms with Gasteiger partial charge in [-0.1, -0.05) is 19.1 Å². The second kappa shape index (κ2) is 11.6. The van der Waals surface area contributed by atoms with Crippen LogP contribution in [0.3, 0.4) is 0 Å². The Labute approximate surface area is 188 Å². The van der Waals surface area contributed by atoms with Crippen LogP contribution in [0.4, 0.5) is 15.8 Å². The molecule has 1 atom stereocenters. The monoisotopic (exact) mass is 442 g/mol. The third-order valence-electron chi connectivity index (χ3n) is 5.46. The second-order valence-corrected chi connectivity index (χ2v) is 7.84. The minimum atomic E-state index is -0.314. The highest BCUT2D eigenvalue weighted by molar-refractivity contribution is 5.92. The van der Waals surface area contributed by atoms with Gasteiger partial charge in [-0.2, -0.15) is 0 Å². The lowest BCUT2D eigenvalue weighted by Gasteiger charge is -2.29. The Kier molecular flexibility index (Phi) is 8.58. The van der Waals surface area contributed by atoms with Crippen molar-refractivity contribution in [2.45, 2.75) is 19.9 Å². The molecule has 0 spiro atoms. The number of ether oxygens (including phenoxy) is 1. The zero-order valence-electron chi connectivity index (χ0n) is 18.6. The van der Waals surface area contributed by atoms with Crippen LogP contribution in [0.15, 0.2) is 48.5 Å². The first-order valence-corrected chi connectivity index (χ1v) is 10.9. The fraction of sp³-hybridized carbons (Fsp3) is 0.417. The van der Waals surface area contributed by atoms with Gasteiger partial charge in [0.05, 0.1) is 32.3 Å². The van der Waals surface area contributed by atoms with Crippen molar-refractivity contribution in [3.63, 3.8) is 0 Å². The van der Waals surface area contributed by atoms with Gasteiger partial charge in [-0.3, -0.25) is 14.5 Å². The maximum absolute atomic E-state index is 13.1. The Morgan fingerprint density at radius 1 is 1.03 bits per heavy atom. The van der Waals surface area contributed by atoms with E-state index in [4.69, 9.17) is 4.74 Å². The summed E-state index contributed by atoms with van der Waals surface area (Å²) in [6, 6.07) is 13.5. The van der Waals surface area contributed by atoms with Crippen LogP contribution in [0.2, 0.25) is 0 Å². The van der Waals surface area contributed by atoms with Gasteiger partial charge in [0.15, 0.2) is 0 Å².